The second kappa shape index (κ2) is 3.18. The second-order valence-electron chi connectivity index (χ2n) is 3.03. The summed E-state index contributed by atoms with van der Waals surface area (Å²) in [6, 6.07) is 0. The molecule has 1 aromatic rings. The molecule has 0 aliphatic carbocycles. The van der Waals surface area contributed by atoms with Crippen LogP contribution in [0.1, 0.15) is 17.0 Å². The van der Waals surface area contributed by atoms with Crippen LogP contribution >= 0.6 is 0 Å². The standard InChI is InChI=1S/C8H10N2O3/c11-8(12)3-6-5-1-2-9-4-7(5)13-10-6/h9H,1-4H2,(H,11,12). The number of nitrogens with one attached hydrogen (secondary N) is 1. The number of carbonyl (C=O) groups is 1. The Kier molecular flexibility index (Phi) is 2.02. The Bertz CT molecular complexity index is 332. The number of nitrogens with zero attached hydrogens (tertiary/aromatic N) is 1. The van der Waals surface area contributed by atoms with Gasteiger partial charge in [0.1, 0.15) is 0 Å². The van der Waals surface area contributed by atoms with Crippen molar-refractivity contribution in [3.63, 3.8) is 0 Å². The average molecular weight is 182 g/mol. The molecule has 0 unspecified atom stereocenters. The first-order valence-corrected chi connectivity index (χ1v) is 4.16. The van der Waals surface area contributed by atoms with Crippen LogP contribution in [0.15, 0.2) is 4.52 Å². The number of aromatic nitrogens is 1. The van der Waals surface area contributed by atoms with Crippen LogP contribution in [0, 0.1) is 0 Å². The number of fused-ring (bicyclic) bond motifs is 1. The van der Waals surface area contributed by atoms with Crippen molar-refractivity contribution in [2.75, 3.05) is 6.54 Å². The zero-order chi connectivity index (χ0) is 9.26. The molecule has 0 amide bonds. The molecule has 0 spiro atoms. The van der Waals surface area contributed by atoms with Gasteiger partial charge in [0, 0.05) is 5.56 Å². The van der Waals surface area contributed by atoms with E-state index in [2.05, 4.69) is 10.5 Å². The van der Waals surface area contributed by atoms with Gasteiger partial charge in [0.25, 0.3) is 0 Å². The minimum absolute atomic E-state index is 0.0428. The van der Waals surface area contributed by atoms with E-state index in [4.69, 9.17) is 9.63 Å². The molecule has 2 rings (SSSR count). The average Bonchev–Trinajstić information content (AvgIpc) is 2.48. The maximum Gasteiger partial charge on any atom is 0.309 e. The Morgan fingerprint density at radius 2 is 2.54 bits per heavy atom. The molecule has 0 bridgehead atoms. The monoisotopic (exact) mass is 182 g/mol. The molecule has 1 aliphatic heterocycles. The van der Waals surface area contributed by atoms with Gasteiger partial charge in [0.15, 0.2) is 5.76 Å². The number of carboxylic acid groups (broad SMARTS) is 1. The molecular weight excluding hydrogens is 172 g/mol. The highest BCUT2D eigenvalue weighted by Crippen LogP contribution is 2.18. The van der Waals surface area contributed by atoms with Gasteiger partial charge in [-0.15, -0.1) is 0 Å². The second-order valence-corrected chi connectivity index (χ2v) is 3.03. The molecular formula is C8H10N2O3. The van der Waals surface area contributed by atoms with Gasteiger partial charge in [-0.25, -0.2) is 0 Å². The lowest BCUT2D eigenvalue weighted by Gasteiger charge is -2.10. The summed E-state index contributed by atoms with van der Waals surface area (Å²) in [6.07, 6.45) is 0.764. The molecule has 1 aromatic heterocycles. The summed E-state index contributed by atoms with van der Waals surface area (Å²) in [6.45, 7) is 1.52. The summed E-state index contributed by atoms with van der Waals surface area (Å²) in [5, 5.41) is 15.5. The van der Waals surface area contributed by atoms with Crippen LogP contribution < -0.4 is 5.32 Å². The molecule has 0 aromatic carbocycles. The number of hydrogen-bond donors (Lipinski definition) is 2. The fourth-order valence-electron chi connectivity index (χ4n) is 1.50. The quantitative estimate of drug-likeness (QED) is 0.670. The van der Waals surface area contributed by atoms with E-state index in [9.17, 15) is 4.79 Å². The van der Waals surface area contributed by atoms with Crippen molar-refractivity contribution in [2.24, 2.45) is 0 Å². The Morgan fingerprint density at radius 3 is 3.31 bits per heavy atom. The van der Waals surface area contributed by atoms with Crippen molar-refractivity contribution in [3.05, 3.63) is 17.0 Å². The highest BCUT2D eigenvalue weighted by molar-refractivity contribution is 5.70. The van der Waals surface area contributed by atoms with E-state index < -0.39 is 5.97 Å². The topological polar surface area (TPSA) is 75.4 Å². The number of hydrogen-bond acceptors (Lipinski definition) is 4. The first kappa shape index (κ1) is 8.25. The Balaban J connectivity index is 2.26. The lowest BCUT2D eigenvalue weighted by molar-refractivity contribution is -0.136. The third-order valence-corrected chi connectivity index (χ3v) is 2.11. The zero-order valence-electron chi connectivity index (χ0n) is 7.04. The van der Waals surface area contributed by atoms with Gasteiger partial charge in [-0.3, -0.25) is 4.79 Å². The maximum atomic E-state index is 10.5. The SMILES string of the molecule is O=C(O)Cc1noc2c1CCNC2. The van der Waals surface area contributed by atoms with Crippen molar-refractivity contribution in [1.82, 2.24) is 10.5 Å². The molecule has 0 saturated heterocycles. The number of carboxylic acids is 1. The summed E-state index contributed by atoms with van der Waals surface area (Å²) in [5.74, 6) is -0.0860. The van der Waals surface area contributed by atoms with Gasteiger partial charge < -0.3 is 14.9 Å². The predicted molar refractivity (Wildman–Crippen MR) is 43.3 cm³/mol. The van der Waals surface area contributed by atoms with E-state index in [1.165, 1.54) is 0 Å². The fraction of sp³-hybridized carbons (Fsp3) is 0.500. The van der Waals surface area contributed by atoms with Crippen LogP contribution in [0.3, 0.4) is 0 Å². The largest absolute Gasteiger partial charge is 0.481 e. The number of rotatable bonds is 2. The molecule has 1 aliphatic rings. The Labute approximate surface area is 74.7 Å². The molecule has 13 heavy (non-hydrogen) atoms. The van der Waals surface area contributed by atoms with Crippen molar-refractivity contribution in [2.45, 2.75) is 19.4 Å². The Hall–Kier alpha value is -1.36. The van der Waals surface area contributed by atoms with Gasteiger partial charge in [0.05, 0.1) is 18.7 Å². The smallest absolute Gasteiger partial charge is 0.309 e. The van der Waals surface area contributed by atoms with Gasteiger partial charge in [-0.05, 0) is 13.0 Å². The first-order chi connectivity index (χ1) is 6.27. The van der Waals surface area contributed by atoms with Crippen LogP contribution in [-0.4, -0.2) is 22.8 Å². The highest BCUT2D eigenvalue weighted by Gasteiger charge is 2.20. The molecule has 0 radical (unpaired) electrons. The maximum absolute atomic E-state index is 10.5. The summed E-state index contributed by atoms with van der Waals surface area (Å²) in [7, 11) is 0. The van der Waals surface area contributed by atoms with Gasteiger partial charge in [0.2, 0.25) is 0 Å². The third kappa shape index (κ3) is 1.55. The summed E-state index contributed by atoms with van der Waals surface area (Å²) >= 11 is 0. The molecule has 0 saturated carbocycles. The molecule has 0 fully saturated rings. The predicted octanol–water partition coefficient (Wildman–Crippen LogP) is -0.0526. The van der Waals surface area contributed by atoms with Crippen molar-refractivity contribution in [1.29, 1.82) is 0 Å². The van der Waals surface area contributed by atoms with Gasteiger partial charge in [-0.2, -0.15) is 0 Å². The summed E-state index contributed by atoms with van der Waals surface area (Å²) in [5.41, 5.74) is 1.55. The molecule has 5 heteroatoms. The molecule has 5 nitrogen and oxygen atoms in total. The highest BCUT2D eigenvalue weighted by atomic mass is 16.5. The van der Waals surface area contributed by atoms with Crippen molar-refractivity contribution < 1.29 is 14.4 Å². The summed E-state index contributed by atoms with van der Waals surface area (Å²) in [4.78, 5) is 10.5. The van der Waals surface area contributed by atoms with E-state index >= 15 is 0 Å². The van der Waals surface area contributed by atoms with E-state index in [0.29, 0.717) is 12.2 Å². The van der Waals surface area contributed by atoms with Crippen LogP contribution in [0.4, 0.5) is 0 Å². The first-order valence-electron chi connectivity index (χ1n) is 4.16. The van der Waals surface area contributed by atoms with Crippen LogP contribution in [0.25, 0.3) is 0 Å². The van der Waals surface area contributed by atoms with Crippen molar-refractivity contribution in [3.8, 4) is 0 Å². The van der Waals surface area contributed by atoms with E-state index in [1.54, 1.807) is 0 Å². The third-order valence-electron chi connectivity index (χ3n) is 2.11. The zero-order valence-corrected chi connectivity index (χ0v) is 7.04. The van der Waals surface area contributed by atoms with Crippen LogP contribution in [-0.2, 0) is 24.2 Å². The van der Waals surface area contributed by atoms with Gasteiger partial charge >= 0.3 is 5.97 Å². The van der Waals surface area contributed by atoms with Crippen LogP contribution in [0.5, 0.6) is 0 Å². The van der Waals surface area contributed by atoms with Crippen molar-refractivity contribution >= 4 is 5.97 Å². The molecule has 70 valence electrons. The van der Waals surface area contributed by atoms with Crippen LogP contribution in [0.2, 0.25) is 0 Å². The Morgan fingerprint density at radius 1 is 1.69 bits per heavy atom. The lowest BCUT2D eigenvalue weighted by Crippen LogP contribution is -2.23. The fourth-order valence-corrected chi connectivity index (χ4v) is 1.50. The van der Waals surface area contributed by atoms with E-state index in [0.717, 1.165) is 24.3 Å². The summed E-state index contributed by atoms with van der Waals surface area (Å²) < 4.78 is 5.01. The van der Waals surface area contributed by atoms with Gasteiger partial charge in [-0.1, -0.05) is 5.16 Å². The lowest BCUT2D eigenvalue weighted by atomic mass is 10.1. The molecule has 2 N–H and O–H groups in total. The van der Waals surface area contributed by atoms with E-state index in [1.807, 2.05) is 0 Å². The number of aliphatic carboxylic acids is 1. The molecule has 0 atom stereocenters. The van der Waals surface area contributed by atoms with E-state index in [-0.39, 0.29) is 6.42 Å². The minimum Gasteiger partial charge on any atom is -0.481 e. The minimum atomic E-state index is -0.866. The normalized spacial score (nSPS) is 15.4. The molecule has 2 heterocycles.